The highest BCUT2D eigenvalue weighted by molar-refractivity contribution is 5.77. The number of urea groups is 1. The standard InChI is InChI=1S/C28H28FN5O3/c1-3-37-25(35)15-16-30-28(36)33-18-23-19(2)31-34(22-8-5-4-6-9-22)27(23)32-17-7-10-24(32)26(33)20-11-13-21(29)14-12-20/h4-14,17,26H,3,15-16,18H2,1-2H3,(H,30,36)/t26-/m0/s1. The molecule has 1 aliphatic heterocycles. The van der Waals surface area contributed by atoms with Gasteiger partial charge in [0.1, 0.15) is 11.6 Å². The molecule has 0 radical (unpaired) electrons. The third-order valence-corrected chi connectivity index (χ3v) is 6.44. The first-order valence-electron chi connectivity index (χ1n) is 12.2. The highest BCUT2D eigenvalue weighted by Gasteiger charge is 2.35. The zero-order chi connectivity index (χ0) is 25.9. The highest BCUT2D eigenvalue weighted by Crippen LogP contribution is 2.38. The average molecular weight is 502 g/mol. The van der Waals surface area contributed by atoms with Crippen molar-refractivity contribution in [3.63, 3.8) is 0 Å². The van der Waals surface area contributed by atoms with Crippen molar-refractivity contribution in [1.29, 1.82) is 0 Å². The molecule has 1 N–H and O–H groups in total. The van der Waals surface area contributed by atoms with Crippen molar-refractivity contribution in [2.45, 2.75) is 32.9 Å². The summed E-state index contributed by atoms with van der Waals surface area (Å²) in [6, 6.07) is 19.1. The van der Waals surface area contributed by atoms with Crippen molar-refractivity contribution in [2.24, 2.45) is 0 Å². The fourth-order valence-corrected chi connectivity index (χ4v) is 4.75. The van der Waals surface area contributed by atoms with Crippen LogP contribution in [0.3, 0.4) is 0 Å². The quantitative estimate of drug-likeness (QED) is 0.389. The average Bonchev–Trinajstić information content (AvgIpc) is 3.46. The maximum atomic E-state index is 13.8. The number of para-hydroxylation sites is 1. The summed E-state index contributed by atoms with van der Waals surface area (Å²) in [4.78, 5) is 27.1. The van der Waals surface area contributed by atoms with Crippen LogP contribution in [0.4, 0.5) is 9.18 Å². The van der Waals surface area contributed by atoms with Crippen molar-refractivity contribution in [1.82, 2.24) is 24.6 Å². The number of nitrogens with zero attached hydrogens (tertiary/aromatic N) is 4. The van der Waals surface area contributed by atoms with E-state index in [-0.39, 0.29) is 43.9 Å². The Bertz CT molecular complexity index is 1410. The Morgan fingerprint density at radius 3 is 2.57 bits per heavy atom. The van der Waals surface area contributed by atoms with E-state index in [0.29, 0.717) is 0 Å². The Morgan fingerprint density at radius 1 is 1.08 bits per heavy atom. The molecule has 190 valence electrons. The number of nitrogens with one attached hydrogen (secondary N) is 1. The van der Waals surface area contributed by atoms with Crippen molar-refractivity contribution in [3.05, 3.63) is 101 Å². The molecule has 3 heterocycles. The number of amides is 2. The lowest BCUT2D eigenvalue weighted by molar-refractivity contribution is -0.142. The van der Waals surface area contributed by atoms with Crippen molar-refractivity contribution >= 4 is 12.0 Å². The monoisotopic (exact) mass is 501 g/mol. The number of carbonyl (C=O) groups is 2. The molecule has 0 fully saturated rings. The lowest BCUT2D eigenvalue weighted by Crippen LogP contribution is -2.42. The number of carbonyl (C=O) groups excluding carboxylic acids is 2. The van der Waals surface area contributed by atoms with E-state index in [1.165, 1.54) is 12.1 Å². The van der Waals surface area contributed by atoms with E-state index < -0.39 is 6.04 Å². The third kappa shape index (κ3) is 4.72. The summed E-state index contributed by atoms with van der Waals surface area (Å²) < 4.78 is 22.7. The second-order valence-electron chi connectivity index (χ2n) is 8.81. The highest BCUT2D eigenvalue weighted by atomic mass is 19.1. The molecule has 0 saturated heterocycles. The van der Waals surface area contributed by atoms with E-state index in [1.807, 2.05) is 64.8 Å². The van der Waals surface area contributed by atoms with Gasteiger partial charge in [-0.1, -0.05) is 30.3 Å². The van der Waals surface area contributed by atoms with Gasteiger partial charge in [-0.25, -0.2) is 13.9 Å². The van der Waals surface area contributed by atoms with Crippen molar-refractivity contribution < 1.29 is 18.7 Å². The van der Waals surface area contributed by atoms with Crippen molar-refractivity contribution in [2.75, 3.05) is 13.2 Å². The molecule has 37 heavy (non-hydrogen) atoms. The van der Waals surface area contributed by atoms with Crippen LogP contribution in [0.2, 0.25) is 0 Å². The molecule has 9 heteroatoms. The fraction of sp³-hybridized carbons (Fsp3) is 0.250. The van der Waals surface area contributed by atoms with Gasteiger partial charge in [-0.15, -0.1) is 0 Å². The topological polar surface area (TPSA) is 81.4 Å². The molecular formula is C28H28FN5O3. The number of ether oxygens (including phenoxy) is 1. The number of halogens is 1. The van der Waals surface area contributed by atoms with Gasteiger partial charge in [-0.05, 0) is 55.8 Å². The van der Waals surface area contributed by atoms with Crippen LogP contribution < -0.4 is 5.32 Å². The molecule has 2 amide bonds. The van der Waals surface area contributed by atoms with E-state index in [1.54, 1.807) is 24.0 Å². The Kier molecular flexibility index (Phi) is 6.76. The minimum Gasteiger partial charge on any atom is -0.466 e. The van der Waals surface area contributed by atoms with Gasteiger partial charge in [0.25, 0.3) is 0 Å². The van der Waals surface area contributed by atoms with E-state index in [9.17, 15) is 14.0 Å². The first-order valence-corrected chi connectivity index (χ1v) is 12.2. The second-order valence-corrected chi connectivity index (χ2v) is 8.81. The first-order chi connectivity index (χ1) is 18.0. The van der Waals surface area contributed by atoms with Crippen LogP contribution in [0.15, 0.2) is 72.9 Å². The zero-order valence-corrected chi connectivity index (χ0v) is 20.7. The molecule has 0 aliphatic carbocycles. The molecule has 0 spiro atoms. The van der Waals surface area contributed by atoms with Gasteiger partial charge in [-0.3, -0.25) is 4.79 Å². The first kappa shape index (κ1) is 24.3. The Balaban J connectivity index is 1.60. The maximum Gasteiger partial charge on any atom is 0.318 e. The fourth-order valence-electron chi connectivity index (χ4n) is 4.75. The normalized spacial score (nSPS) is 14.5. The summed E-state index contributed by atoms with van der Waals surface area (Å²) in [7, 11) is 0. The van der Waals surface area contributed by atoms with Crippen LogP contribution in [-0.2, 0) is 16.1 Å². The van der Waals surface area contributed by atoms with Gasteiger partial charge >= 0.3 is 12.0 Å². The molecule has 8 nitrogen and oxygen atoms in total. The number of benzene rings is 2. The number of aryl methyl sites for hydroxylation is 1. The van der Waals surface area contributed by atoms with Crippen LogP contribution >= 0.6 is 0 Å². The van der Waals surface area contributed by atoms with Gasteiger partial charge in [0, 0.05) is 18.3 Å². The molecule has 0 unspecified atom stereocenters. The smallest absolute Gasteiger partial charge is 0.318 e. The second kappa shape index (κ2) is 10.3. The van der Waals surface area contributed by atoms with Gasteiger partial charge in [-0.2, -0.15) is 5.10 Å². The summed E-state index contributed by atoms with van der Waals surface area (Å²) in [5.74, 6) is 0.125. The van der Waals surface area contributed by atoms with Crippen molar-refractivity contribution in [3.8, 4) is 11.5 Å². The minimum atomic E-state index is -0.505. The summed E-state index contributed by atoms with van der Waals surface area (Å²) >= 11 is 0. The number of esters is 1. The van der Waals surface area contributed by atoms with Crippen LogP contribution in [0.1, 0.15) is 41.9 Å². The van der Waals surface area contributed by atoms with Crippen LogP contribution in [0.5, 0.6) is 0 Å². The summed E-state index contributed by atoms with van der Waals surface area (Å²) in [6.45, 7) is 4.36. The van der Waals surface area contributed by atoms with Gasteiger partial charge < -0.3 is 19.5 Å². The summed E-state index contributed by atoms with van der Waals surface area (Å²) in [5, 5.41) is 7.69. The lowest BCUT2D eigenvalue weighted by atomic mass is 10.0. The Labute approximate surface area is 214 Å². The van der Waals surface area contributed by atoms with Gasteiger partial charge in [0.15, 0.2) is 0 Å². The summed E-state index contributed by atoms with van der Waals surface area (Å²) in [5.41, 5.74) is 4.19. The molecule has 5 rings (SSSR count). The molecule has 4 aromatic rings. The van der Waals surface area contributed by atoms with Crippen LogP contribution in [-0.4, -0.2) is 44.4 Å². The van der Waals surface area contributed by atoms with E-state index in [4.69, 9.17) is 9.84 Å². The largest absolute Gasteiger partial charge is 0.466 e. The maximum absolute atomic E-state index is 13.8. The molecule has 2 aromatic carbocycles. The molecule has 1 atom stereocenters. The van der Waals surface area contributed by atoms with E-state index in [2.05, 4.69) is 5.32 Å². The SMILES string of the molecule is CCOC(=O)CCNC(=O)N1Cc2c(C)nn(-c3ccccc3)c2-n2cccc2[C@@H]1c1ccc(F)cc1. The molecule has 1 aliphatic rings. The van der Waals surface area contributed by atoms with Crippen LogP contribution in [0, 0.1) is 12.7 Å². The summed E-state index contributed by atoms with van der Waals surface area (Å²) in [6.07, 6.45) is 2.02. The molecule has 0 saturated carbocycles. The lowest BCUT2D eigenvalue weighted by Gasteiger charge is -2.31. The zero-order valence-electron chi connectivity index (χ0n) is 20.7. The number of fused-ring (bicyclic) bond motifs is 3. The van der Waals surface area contributed by atoms with Gasteiger partial charge in [0.2, 0.25) is 0 Å². The number of rotatable bonds is 6. The van der Waals surface area contributed by atoms with Crippen LogP contribution in [0.25, 0.3) is 11.5 Å². The molecular weight excluding hydrogens is 473 g/mol. The number of hydrogen-bond donors (Lipinski definition) is 1. The van der Waals surface area contributed by atoms with E-state index in [0.717, 1.165) is 34.0 Å². The Hall–Kier alpha value is -4.40. The number of hydrogen-bond acceptors (Lipinski definition) is 4. The predicted octanol–water partition coefficient (Wildman–Crippen LogP) is 4.68. The Morgan fingerprint density at radius 2 is 1.84 bits per heavy atom. The molecule has 0 bridgehead atoms. The number of aromatic nitrogens is 3. The minimum absolute atomic E-state index is 0.0707. The predicted molar refractivity (Wildman–Crippen MR) is 136 cm³/mol. The molecule has 2 aromatic heterocycles. The van der Waals surface area contributed by atoms with Gasteiger partial charge in [0.05, 0.1) is 42.7 Å². The van der Waals surface area contributed by atoms with E-state index >= 15 is 0 Å². The third-order valence-electron chi connectivity index (χ3n) is 6.44.